The highest BCUT2D eigenvalue weighted by Gasteiger charge is 2.34. The minimum absolute atomic E-state index is 0.0136. The number of amides is 2. The normalized spacial score (nSPS) is 16.3. The fraction of sp³-hybridized carbons (Fsp3) is 0.353. The van der Waals surface area contributed by atoms with Crippen molar-refractivity contribution in [2.75, 3.05) is 13.1 Å². The summed E-state index contributed by atoms with van der Waals surface area (Å²) in [6, 6.07) is 16.5. The Hall–Kier alpha value is -4.13. The number of nitrogens with one attached hydrogen (secondary N) is 2. The maximum absolute atomic E-state index is 13.6. The number of pyridine rings is 1. The molecule has 0 radical (unpaired) electrons. The molecule has 0 bridgehead atoms. The molecule has 1 aliphatic heterocycles. The lowest BCUT2D eigenvalue weighted by atomic mass is 10.00. The van der Waals surface area contributed by atoms with Crippen LogP contribution >= 0.6 is 11.3 Å². The highest BCUT2D eigenvalue weighted by atomic mass is 32.1. The van der Waals surface area contributed by atoms with Crippen molar-refractivity contribution in [1.29, 1.82) is 0 Å². The van der Waals surface area contributed by atoms with Crippen LogP contribution in [0.3, 0.4) is 0 Å². The molecule has 2 aromatic heterocycles. The van der Waals surface area contributed by atoms with Crippen molar-refractivity contribution in [2.24, 2.45) is 0 Å². The zero-order valence-corrected chi connectivity index (χ0v) is 26.4. The molecule has 3 atom stereocenters. The first kappa shape index (κ1) is 33.2. The van der Waals surface area contributed by atoms with E-state index >= 15 is 0 Å². The molecular formula is C34H36F3N5O3S. The van der Waals surface area contributed by atoms with Crippen LogP contribution in [0.15, 0.2) is 72.1 Å². The Morgan fingerprint density at radius 3 is 2.50 bits per heavy atom. The van der Waals surface area contributed by atoms with Crippen molar-refractivity contribution in [1.82, 2.24) is 25.5 Å². The Morgan fingerprint density at radius 1 is 1.02 bits per heavy atom. The number of aliphatic hydroxyl groups is 1. The molecule has 2 amide bonds. The Morgan fingerprint density at radius 2 is 1.78 bits per heavy atom. The zero-order valence-electron chi connectivity index (χ0n) is 25.6. The average molecular weight is 652 g/mol. The summed E-state index contributed by atoms with van der Waals surface area (Å²) in [4.78, 5) is 38.0. The number of aryl methyl sites for hydroxylation is 2. The molecule has 5 rings (SSSR count). The third-order valence-corrected chi connectivity index (χ3v) is 8.95. The number of aromatic nitrogens is 2. The van der Waals surface area contributed by atoms with Gasteiger partial charge >= 0.3 is 6.18 Å². The summed E-state index contributed by atoms with van der Waals surface area (Å²) >= 11 is 1.53. The molecule has 3 heterocycles. The molecule has 0 unspecified atom stereocenters. The van der Waals surface area contributed by atoms with Crippen LogP contribution < -0.4 is 10.6 Å². The second kappa shape index (κ2) is 14.5. The van der Waals surface area contributed by atoms with E-state index in [-0.39, 0.29) is 36.3 Å². The van der Waals surface area contributed by atoms with Crippen molar-refractivity contribution in [3.05, 3.63) is 116 Å². The van der Waals surface area contributed by atoms with Crippen LogP contribution in [0.5, 0.6) is 0 Å². The highest BCUT2D eigenvalue weighted by molar-refractivity contribution is 7.09. The molecule has 8 nitrogen and oxygen atoms in total. The van der Waals surface area contributed by atoms with E-state index in [2.05, 4.69) is 20.6 Å². The van der Waals surface area contributed by atoms with Gasteiger partial charge in [0.2, 0.25) is 0 Å². The van der Waals surface area contributed by atoms with Gasteiger partial charge in [-0.2, -0.15) is 13.2 Å². The van der Waals surface area contributed by atoms with E-state index in [4.69, 9.17) is 0 Å². The van der Waals surface area contributed by atoms with Crippen molar-refractivity contribution in [3.8, 4) is 0 Å². The molecule has 1 saturated heterocycles. The summed E-state index contributed by atoms with van der Waals surface area (Å²) in [6.07, 6.45) is -3.58. The first-order valence-corrected chi connectivity index (χ1v) is 16.0. The lowest BCUT2D eigenvalue weighted by molar-refractivity contribution is -0.137. The topological polar surface area (TPSA) is 107 Å². The number of rotatable bonds is 11. The number of carbonyl (C=O) groups is 2. The van der Waals surface area contributed by atoms with E-state index in [9.17, 15) is 27.9 Å². The Labute approximate surface area is 269 Å². The van der Waals surface area contributed by atoms with Gasteiger partial charge < -0.3 is 20.6 Å². The maximum Gasteiger partial charge on any atom is 0.416 e. The largest absolute Gasteiger partial charge is 0.416 e. The first-order chi connectivity index (χ1) is 22.0. The summed E-state index contributed by atoms with van der Waals surface area (Å²) in [5.74, 6) is -0.751. The lowest BCUT2D eigenvalue weighted by Crippen LogP contribution is -2.48. The number of likely N-dealkylation sites (tertiary alicyclic amines) is 1. The van der Waals surface area contributed by atoms with Crippen LogP contribution in [0.2, 0.25) is 0 Å². The van der Waals surface area contributed by atoms with E-state index in [1.807, 2.05) is 42.6 Å². The van der Waals surface area contributed by atoms with Gasteiger partial charge in [-0.3, -0.25) is 9.59 Å². The first-order valence-electron chi connectivity index (χ1n) is 15.1. The molecule has 4 aromatic rings. The predicted octanol–water partition coefficient (Wildman–Crippen LogP) is 5.64. The lowest BCUT2D eigenvalue weighted by Gasteiger charge is -2.25. The molecule has 46 heavy (non-hydrogen) atoms. The van der Waals surface area contributed by atoms with E-state index in [0.717, 1.165) is 41.2 Å². The Balaban J connectivity index is 1.29. The highest BCUT2D eigenvalue weighted by Crippen LogP contribution is 2.35. The minimum Gasteiger partial charge on any atom is -0.390 e. The number of halogens is 3. The summed E-state index contributed by atoms with van der Waals surface area (Å²) < 4.78 is 39.4. The fourth-order valence-electron chi connectivity index (χ4n) is 5.62. The van der Waals surface area contributed by atoms with Crippen molar-refractivity contribution in [3.63, 3.8) is 0 Å². The number of aliphatic hydroxyl groups excluding tert-OH is 1. The third kappa shape index (κ3) is 8.36. The van der Waals surface area contributed by atoms with Crippen LogP contribution in [-0.2, 0) is 19.1 Å². The average Bonchev–Trinajstić information content (AvgIpc) is 3.69. The van der Waals surface area contributed by atoms with E-state index in [0.29, 0.717) is 24.2 Å². The number of nitrogens with zero attached hydrogens (tertiary/aromatic N) is 3. The quantitative estimate of drug-likeness (QED) is 0.194. The molecular weight excluding hydrogens is 615 g/mol. The molecule has 2 aromatic carbocycles. The predicted molar refractivity (Wildman–Crippen MR) is 169 cm³/mol. The van der Waals surface area contributed by atoms with Gasteiger partial charge in [0.25, 0.3) is 11.8 Å². The number of thiazole rings is 1. The number of alkyl halides is 3. The van der Waals surface area contributed by atoms with Gasteiger partial charge in [0.1, 0.15) is 10.7 Å². The van der Waals surface area contributed by atoms with Crippen LogP contribution in [0.4, 0.5) is 13.2 Å². The molecule has 3 N–H and O–H groups in total. The maximum atomic E-state index is 13.6. The third-order valence-electron chi connectivity index (χ3n) is 7.89. The summed E-state index contributed by atoms with van der Waals surface area (Å²) in [5, 5.41) is 19.9. The van der Waals surface area contributed by atoms with E-state index in [1.54, 1.807) is 24.0 Å². The van der Waals surface area contributed by atoms with Gasteiger partial charge in [-0.25, -0.2) is 9.97 Å². The van der Waals surface area contributed by atoms with E-state index < -0.39 is 29.8 Å². The van der Waals surface area contributed by atoms with E-state index in [1.165, 1.54) is 23.5 Å². The smallest absolute Gasteiger partial charge is 0.390 e. The number of hydrogen-bond donors (Lipinski definition) is 3. The molecule has 242 valence electrons. The molecule has 12 heteroatoms. The Kier molecular flexibility index (Phi) is 10.5. The summed E-state index contributed by atoms with van der Waals surface area (Å²) in [7, 11) is 0. The molecule has 0 aliphatic carbocycles. The van der Waals surface area contributed by atoms with Crippen molar-refractivity contribution >= 4 is 23.2 Å². The van der Waals surface area contributed by atoms with Gasteiger partial charge in [-0.15, -0.1) is 11.3 Å². The number of benzene rings is 2. The fourth-order valence-corrected chi connectivity index (χ4v) is 6.56. The molecule has 1 aliphatic rings. The standard InChI is InChI=1S/C34H36F3N5O3S/c1-21-14-25(17-28(39-21)33(45)42-13-7-12-29(42)32-40-22(2)20-46-32)31(44)41-27(16-23-8-4-3-5-9-23)30(43)19-38-18-24-10-6-11-26(15-24)34(35,36)37/h3-6,8-11,14-15,17,20,27,29-30,38,43H,7,12-13,16,18-19H2,1-2H3,(H,41,44)/t27-,29+,30-/m0/s1. The molecule has 1 fully saturated rings. The van der Waals surface area contributed by atoms with Gasteiger partial charge in [-0.05, 0) is 62.4 Å². The monoisotopic (exact) mass is 651 g/mol. The van der Waals surface area contributed by atoms with Crippen LogP contribution in [0, 0.1) is 13.8 Å². The number of hydrogen-bond acceptors (Lipinski definition) is 7. The molecule has 0 saturated carbocycles. The summed E-state index contributed by atoms with van der Waals surface area (Å²) in [6.45, 7) is 4.31. The number of carbonyl (C=O) groups excluding carboxylic acids is 2. The van der Waals surface area contributed by atoms with Crippen molar-refractivity contribution < 1.29 is 27.9 Å². The minimum atomic E-state index is -4.45. The van der Waals surface area contributed by atoms with Gasteiger partial charge in [0.05, 0.1) is 23.8 Å². The second-order valence-electron chi connectivity index (χ2n) is 11.5. The SMILES string of the molecule is Cc1cc(C(=O)N[C@@H](Cc2ccccc2)[C@@H](O)CNCc2cccc(C(F)(F)F)c2)cc(C(=O)N2CCC[C@@H]2c2nc(C)cs2)n1. The van der Waals surface area contributed by atoms with Crippen molar-refractivity contribution in [2.45, 2.75) is 64.0 Å². The zero-order chi connectivity index (χ0) is 32.8. The second-order valence-corrected chi connectivity index (χ2v) is 12.4. The van der Waals surface area contributed by atoms with Crippen LogP contribution in [0.1, 0.15) is 72.8 Å². The van der Waals surface area contributed by atoms with Crippen LogP contribution in [0.25, 0.3) is 0 Å². The van der Waals surface area contributed by atoms with Gasteiger partial charge in [-0.1, -0.05) is 48.5 Å². The van der Waals surface area contributed by atoms with Gasteiger partial charge in [0, 0.05) is 42.0 Å². The molecule has 0 spiro atoms. The van der Waals surface area contributed by atoms with Crippen LogP contribution in [-0.4, -0.2) is 57.0 Å². The van der Waals surface area contributed by atoms with Gasteiger partial charge in [0.15, 0.2) is 0 Å². The summed E-state index contributed by atoms with van der Waals surface area (Å²) in [5.41, 5.74) is 2.35. The Bertz CT molecular complexity index is 1660.